The lowest BCUT2D eigenvalue weighted by molar-refractivity contribution is 1.18. The summed E-state index contributed by atoms with van der Waals surface area (Å²) in [5.74, 6) is 0. The van der Waals surface area contributed by atoms with E-state index in [1.807, 2.05) is 11.3 Å². The van der Waals surface area contributed by atoms with Gasteiger partial charge in [0, 0.05) is 43.0 Å². The van der Waals surface area contributed by atoms with Gasteiger partial charge >= 0.3 is 0 Å². The summed E-state index contributed by atoms with van der Waals surface area (Å²) in [6.07, 6.45) is 0. The number of anilines is 3. The van der Waals surface area contributed by atoms with E-state index in [9.17, 15) is 0 Å². The maximum Gasteiger partial charge on any atom is 0.0640 e. The van der Waals surface area contributed by atoms with E-state index in [0.29, 0.717) is 0 Å². The minimum absolute atomic E-state index is 1.15. The van der Waals surface area contributed by atoms with Crippen LogP contribution in [0.3, 0.4) is 0 Å². The molecule has 0 bridgehead atoms. The van der Waals surface area contributed by atoms with Crippen LogP contribution in [0.15, 0.2) is 182 Å². The zero-order valence-electron chi connectivity index (χ0n) is 26.6. The van der Waals surface area contributed by atoms with Crippen molar-refractivity contribution in [2.75, 3.05) is 4.90 Å². The molecule has 0 fully saturated rings. The van der Waals surface area contributed by atoms with Crippen LogP contribution in [0.1, 0.15) is 0 Å². The second-order valence-corrected chi connectivity index (χ2v) is 13.6. The third kappa shape index (κ3) is 4.47. The second kappa shape index (κ2) is 11.2. The molecule has 0 spiro atoms. The van der Waals surface area contributed by atoms with Gasteiger partial charge in [-0.25, -0.2) is 0 Å². The number of thiophene rings is 1. The Balaban J connectivity index is 1.16. The van der Waals surface area contributed by atoms with Gasteiger partial charge < -0.3 is 9.47 Å². The Morgan fingerprint density at radius 3 is 1.92 bits per heavy atom. The van der Waals surface area contributed by atoms with Crippen molar-refractivity contribution in [3.05, 3.63) is 182 Å². The molecule has 10 rings (SSSR count). The molecule has 2 aromatic heterocycles. The minimum atomic E-state index is 1.15. The van der Waals surface area contributed by atoms with E-state index in [4.69, 9.17) is 0 Å². The number of benzene rings is 8. The SMILES string of the molecule is c1ccc(N(c2cccc3ccccc23)c2cccc3c2sc2ccc(-c4ccc5c6ccccc6n(-c6ccccc6)c5c4)cc23)cc1. The zero-order valence-corrected chi connectivity index (χ0v) is 27.4. The summed E-state index contributed by atoms with van der Waals surface area (Å²) in [7, 11) is 0. The first-order valence-corrected chi connectivity index (χ1v) is 17.5. The lowest BCUT2D eigenvalue weighted by atomic mass is 10.0. The van der Waals surface area contributed by atoms with Crippen LogP contribution in [-0.2, 0) is 0 Å². The number of rotatable bonds is 5. The maximum absolute atomic E-state index is 2.43. The van der Waals surface area contributed by atoms with Crippen molar-refractivity contribution in [3.8, 4) is 16.8 Å². The van der Waals surface area contributed by atoms with E-state index in [1.165, 1.54) is 80.9 Å². The summed E-state index contributed by atoms with van der Waals surface area (Å²) in [6.45, 7) is 0. The topological polar surface area (TPSA) is 8.17 Å². The van der Waals surface area contributed by atoms with Crippen LogP contribution in [0.25, 0.3) is 69.6 Å². The van der Waals surface area contributed by atoms with Crippen molar-refractivity contribution >= 4 is 81.1 Å². The van der Waals surface area contributed by atoms with E-state index in [2.05, 4.69) is 191 Å². The fraction of sp³-hybridized carbons (Fsp3) is 0. The van der Waals surface area contributed by atoms with Crippen LogP contribution in [0.5, 0.6) is 0 Å². The lowest BCUT2D eigenvalue weighted by Crippen LogP contribution is -2.10. The smallest absolute Gasteiger partial charge is 0.0640 e. The first-order valence-electron chi connectivity index (χ1n) is 16.7. The van der Waals surface area contributed by atoms with Crippen LogP contribution in [0.4, 0.5) is 17.1 Å². The maximum atomic E-state index is 2.43. The Bertz CT molecular complexity index is 2820. The number of fused-ring (bicyclic) bond motifs is 7. The number of hydrogen-bond donors (Lipinski definition) is 0. The van der Waals surface area contributed by atoms with Gasteiger partial charge in [-0.05, 0) is 77.2 Å². The van der Waals surface area contributed by atoms with Crippen molar-refractivity contribution in [1.29, 1.82) is 0 Å². The molecule has 0 saturated carbocycles. The Kier molecular flexibility index (Phi) is 6.39. The Hall–Kier alpha value is -6.16. The first-order chi connectivity index (χ1) is 24.3. The van der Waals surface area contributed by atoms with Crippen LogP contribution in [-0.4, -0.2) is 4.57 Å². The average molecular weight is 643 g/mol. The fourth-order valence-electron chi connectivity index (χ4n) is 7.53. The molecule has 3 heteroatoms. The fourth-order valence-corrected chi connectivity index (χ4v) is 8.72. The molecule has 0 amide bonds. The van der Waals surface area contributed by atoms with Gasteiger partial charge in [0.1, 0.15) is 0 Å². The summed E-state index contributed by atoms with van der Waals surface area (Å²) in [5, 5.41) is 7.57. The van der Waals surface area contributed by atoms with Gasteiger partial charge in [-0.15, -0.1) is 11.3 Å². The molecule has 0 aliphatic heterocycles. The third-order valence-corrected chi connectivity index (χ3v) is 11.0. The van der Waals surface area contributed by atoms with Crippen LogP contribution >= 0.6 is 11.3 Å². The quantitative estimate of drug-likeness (QED) is 0.181. The van der Waals surface area contributed by atoms with Crippen molar-refractivity contribution in [1.82, 2.24) is 4.57 Å². The van der Waals surface area contributed by atoms with Gasteiger partial charge in [0.2, 0.25) is 0 Å². The van der Waals surface area contributed by atoms with Crippen molar-refractivity contribution in [2.24, 2.45) is 0 Å². The summed E-state index contributed by atoms with van der Waals surface area (Å²) in [5.41, 5.74) is 9.56. The number of aromatic nitrogens is 1. The van der Waals surface area contributed by atoms with Gasteiger partial charge in [-0.3, -0.25) is 0 Å². The molecule has 2 heterocycles. The van der Waals surface area contributed by atoms with Crippen LogP contribution in [0, 0.1) is 0 Å². The van der Waals surface area contributed by atoms with E-state index in [1.54, 1.807) is 0 Å². The van der Waals surface area contributed by atoms with Crippen molar-refractivity contribution in [3.63, 3.8) is 0 Å². The zero-order chi connectivity index (χ0) is 32.3. The third-order valence-electron chi connectivity index (χ3n) is 9.76. The Labute approximate surface area is 288 Å². The van der Waals surface area contributed by atoms with Gasteiger partial charge in [-0.2, -0.15) is 0 Å². The van der Waals surface area contributed by atoms with E-state index >= 15 is 0 Å². The van der Waals surface area contributed by atoms with Crippen LogP contribution in [0.2, 0.25) is 0 Å². The molecule has 0 radical (unpaired) electrons. The number of nitrogens with zero attached hydrogens (tertiary/aromatic N) is 2. The Morgan fingerprint density at radius 2 is 1.04 bits per heavy atom. The molecule has 2 nitrogen and oxygen atoms in total. The molecule has 0 aliphatic carbocycles. The average Bonchev–Trinajstić information content (AvgIpc) is 3.71. The van der Waals surface area contributed by atoms with E-state index in [0.717, 1.165) is 5.69 Å². The summed E-state index contributed by atoms with van der Waals surface area (Å²) >= 11 is 1.87. The van der Waals surface area contributed by atoms with Gasteiger partial charge in [0.15, 0.2) is 0 Å². The highest BCUT2D eigenvalue weighted by Gasteiger charge is 2.20. The van der Waals surface area contributed by atoms with Crippen molar-refractivity contribution < 1.29 is 0 Å². The van der Waals surface area contributed by atoms with Gasteiger partial charge in [0.05, 0.1) is 27.1 Å². The minimum Gasteiger partial charge on any atom is -0.309 e. The largest absolute Gasteiger partial charge is 0.309 e. The predicted molar refractivity (Wildman–Crippen MR) is 211 cm³/mol. The Morgan fingerprint density at radius 1 is 0.408 bits per heavy atom. The highest BCUT2D eigenvalue weighted by molar-refractivity contribution is 7.26. The van der Waals surface area contributed by atoms with E-state index < -0.39 is 0 Å². The van der Waals surface area contributed by atoms with E-state index in [-0.39, 0.29) is 0 Å². The molecule has 8 aromatic carbocycles. The second-order valence-electron chi connectivity index (χ2n) is 12.6. The molecule has 0 aliphatic rings. The molecular formula is C46H30N2S. The van der Waals surface area contributed by atoms with Gasteiger partial charge in [0.25, 0.3) is 0 Å². The normalized spacial score (nSPS) is 11.7. The summed E-state index contributed by atoms with van der Waals surface area (Å²) < 4.78 is 4.97. The number of para-hydroxylation sites is 3. The van der Waals surface area contributed by atoms with Crippen molar-refractivity contribution in [2.45, 2.75) is 0 Å². The molecule has 49 heavy (non-hydrogen) atoms. The molecule has 0 N–H and O–H groups in total. The number of hydrogen-bond acceptors (Lipinski definition) is 2. The molecule has 0 saturated heterocycles. The summed E-state index contributed by atoms with van der Waals surface area (Å²) in [6, 6.07) is 66.1. The standard InChI is InChI=1S/C46H30N2S/c1-3-15-34(16-4-1)47(41-23-11-14-31-13-7-8-19-36(31)41)43-24-12-21-39-40-29-32(26-28-45(40)49-46(39)43)33-25-27-38-37-20-9-10-22-42(37)48(44(38)30-33)35-17-5-2-6-18-35/h1-30H. The highest BCUT2D eigenvalue weighted by Crippen LogP contribution is 2.47. The first kappa shape index (κ1) is 27.9. The molecule has 230 valence electrons. The molecule has 10 aromatic rings. The molecular weight excluding hydrogens is 613 g/mol. The molecule has 0 atom stereocenters. The van der Waals surface area contributed by atoms with Gasteiger partial charge in [-0.1, -0.05) is 121 Å². The molecule has 0 unspecified atom stereocenters. The highest BCUT2D eigenvalue weighted by atomic mass is 32.1. The lowest BCUT2D eigenvalue weighted by Gasteiger charge is -2.27. The summed E-state index contributed by atoms with van der Waals surface area (Å²) in [4.78, 5) is 2.43. The monoisotopic (exact) mass is 642 g/mol. The predicted octanol–water partition coefficient (Wildman–Crippen LogP) is 13.4. The van der Waals surface area contributed by atoms with Crippen LogP contribution < -0.4 is 4.90 Å².